The van der Waals surface area contributed by atoms with Crippen molar-refractivity contribution >= 4 is 29.7 Å². The zero-order valence-electron chi connectivity index (χ0n) is 8.60. The van der Waals surface area contributed by atoms with Crippen LogP contribution in [0.3, 0.4) is 0 Å². The van der Waals surface area contributed by atoms with Gasteiger partial charge in [-0.25, -0.2) is 0 Å². The van der Waals surface area contributed by atoms with Gasteiger partial charge in [0.25, 0.3) is 5.91 Å². The third-order valence-electron chi connectivity index (χ3n) is 2.57. The van der Waals surface area contributed by atoms with Gasteiger partial charge >= 0.3 is 0 Å². The molecule has 0 aliphatic carbocycles. The lowest BCUT2D eigenvalue weighted by Crippen LogP contribution is -2.31. The van der Waals surface area contributed by atoms with E-state index in [0.717, 1.165) is 23.4 Å². The summed E-state index contributed by atoms with van der Waals surface area (Å²) >= 11 is 1.51. The molecule has 5 heteroatoms. The number of carbonyl (C=O) groups excluding carboxylic acids is 1. The van der Waals surface area contributed by atoms with Crippen LogP contribution in [0.1, 0.15) is 21.7 Å². The molecule has 1 fully saturated rings. The Bertz CT molecular complexity index is 353. The Labute approximate surface area is 99.7 Å². The number of aryl methyl sites for hydroxylation is 1. The van der Waals surface area contributed by atoms with Crippen LogP contribution in [0.2, 0.25) is 0 Å². The van der Waals surface area contributed by atoms with Gasteiger partial charge < -0.3 is 10.6 Å². The van der Waals surface area contributed by atoms with Gasteiger partial charge in [-0.3, -0.25) is 4.79 Å². The van der Waals surface area contributed by atoms with Gasteiger partial charge in [0.05, 0.1) is 4.88 Å². The van der Waals surface area contributed by atoms with Crippen molar-refractivity contribution < 1.29 is 4.79 Å². The average molecular weight is 247 g/mol. The van der Waals surface area contributed by atoms with Crippen LogP contribution in [-0.4, -0.2) is 29.9 Å². The molecule has 84 valence electrons. The number of carbonyl (C=O) groups is 1. The third-order valence-corrected chi connectivity index (χ3v) is 3.57. The molecular formula is C10H15ClN2OS. The molecule has 1 unspecified atom stereocenters. The van der Waals surface area contributed by atoms with Gasteiger partial charge in [0.15, 0.2) is 0 Å². The molecule has 0 saturated carbocycles. The first kappa shape index (κ1) is 12.5. The van der Waals surface area contributed by atoms with E-state index in [1.165, 1.54) is 11.3 Å². The molecule has 2 rings (SSSR count). The van der Waals surface area contributed by atoms with Crippen LogP contribution in [0.15, 0.2) is 11.4 Å². The van der Waals surface area contributed by atoms with Gasteiger partial charge in [0.1, 0.15) is 0 Å². The maximum atomic E-state index is 12.0. The van der Waals surface area contributed by atoms with Gasteiger partial charge in [-0.05, 0) is 30.4 Å². The maximum absolute atomic E-state index is 12.0. The summed E-state index contributed by atoms with van der Waals surface area (Å²) in [5.74, 6) is 0.144. The van der Waals surface area contributed by atoms with Crippen molar-refractivity contribution in [2.24, 2.45) is 5.73 Å². The van der Waals surface area contributed by atoms with Crippen molar-refractivity contribution in [3.05, 3.63) is 21.9 Å². The quantitative estimate of drug-likeness (QED) is 0.819. The van der Waals surface area contributed by atoms with Crippen molar-refractivity contribution in [2.75, 3.05) is 13.1 Å². The van der Waals surface area contributed by atoms with Crippen LogP contribution >= 0.6 is 23.7 Å². The lowest BCUT2D eigenvalue weighted by Gasteiger charge is -2.14. The molecule has 1 aliphatic heterocycles. The first-order valence-electron chi connectivity index (χ1n) is 4.77. The number of hydrogen-bond donors (Lipinski definition) is 1. The van der Waals surface area contributed by atoms with E-state index in [9.17, 15) is 4.79 Å². The first-order chi connectivity index (χ1) is 6.68. The second-order valence-corrected chi connectivity index (χ2v) is 4.65. The molecule has 1 aromatic rings. The highest BCUT2D eigenvalue weighted by Gasteiger charge is 2.25. The summed E-state index contributed by atoms with van der Waals surface area (Å²) in [6.45, 7) is 3.48. The van der Waals surface area contributed by atoms with Crippen LogP contribution in [0, 0.1) is 6.92 Å². The number of thiophene rings is 1. The zero-order valence-corrected chi connectivity index (χ0v) is 10.2. The van der Waals surface area contributed by atoms with E-state index in [1.54, 1.807) is 0 Å². The Balaban J connectivity index is 0.00000112. The van der Waals surface area contributed by atoms with Crippen LogP contribution in [0.4, 0.5) is 0 Å². The van der Waals surface area contributed by atoms with Crippen molar-refractivity contribution in [3.8, 4) is 0 Å². The molecule has 1 aliphatic rings. The Hall–Kier alpha value is -0.580. The molecule has 1 saturated heterocycles. The molecule has 1 amide bonds. The molecule has 1 aromatic heterocycles. The number of rotatable bonds is 1. The molecule has 1 atom stereocenters. The van der Waals surface area contributed by atoms with E-state index in [1.807, 2.05) is 23.3 Å². The van der Waals surface area contributed by atoms with Crippen molar-refractivity contribution in [3.63, 3.8) is 0 Å². The Kier molecular flexibility index (Phi) is 4.13. The SMILES string of the molecule is Cc1ccsc1C(=O)N1CCC(N)C1.Cl. The number of nitrogens with zero attached hydrogens (tertiary/aromatic N) is 1. The van der Waals surface area contributed by atoms with Gasteiger partial charge in [0.2, 0.25) is 0 Å². The molecule has 0 radical (unpaired) electrons. The minimum Gasteiger partial charge on any atom is -0.336 e. The number of hydrogen-bond acceptors (Lipinski definition) is 3. The molecule has 0 aromatic carbocycles. The van der Waals surface area contributed by atoms with Crippen molar-refractivity contribution in [1.29, 1.82) is 0 Å². The van der Waals surface area contributed by atoms with Crippen LogP contribution in [0.25, 0.3) is 0 Å². The lowest BCUT2D eigenvalue weighted by atomic mass is 10.3. The number of amides is 1. The maximum Gasteiger partial charge on any atom is 0.264 e. The predicted molar refractivity (Wildman–Crippen MR) is 64.8 cm³/mol. The summed E-state index contributed by atoms with van der Waals surface area (Å²) < 4.78 is 0. The topological polar surface area (TPSA) is 46.3 Å². The summed E-state index contributed by atoms with van der Waals surface area (Å²) in [6.07, 6.45) is 0.927. The van der Waals surface area contributed by atoms with E-state index in [4.69, 9.17) is 5.73 Å². The summed E-state index contributed by atoms with van der Waals surface area (Å²) in [4.78, 5) is 14.7. The third kappa shape index (κ3) is 2.51. The molecule has 2 N–H and O–H groups in total. The number of halogens is 1. The minimum atomic E-state index is 0. The summed E-state index contributed by atoms with van der Waals surface area (Å²) in [5.41, 5.74) is 6.83. The minimum absolute atomic E-state index is 0. The van der Waals surface area contributed by atoms with Crippen LogP contribution in [0.5, 0.6) is 0 Å². The highest BCUT2D eigenvalue weighted by molar-refractivity contribution is 7.12. The molecule has 15 heavy (non-hydrogen) atoms. The monoisotopic (exact) mass is 246 g/mol. The molecule has 0 spiro atoms. The van der Waals surface area contributed by atoms with Gasteiger partial charge in [-0.15, -0.1) is 23.7 Å². The number of likely N-dealkylation sites (tertiary alicyclic amines) is 1. The Morgan fingerprint density at radius 3 is 2.87 bits per heavy atom. The smallest absolute Gasteiger partial charge is 0.264 e. The van der Waals surface area contributed by atoms with E-state index in [0.29, 0.717) is 6.54 Å². The summed E-state index contributed by atoms with van der Waals surface area (Å²) in [6, 6.07) is 2.15. The summed E-state index contributed by atoms with van der Waals surface area (Å²) in [5, 5.41) is 1.96. The fourth-order valence-corrected chi connectivity index (χ4v) is 2.60. The molecular weight excluding hydrogens is 232 g/mol. The zero-order chi connectivity index (χ0) is 10.1. The standard InChI is InChI=1S/C10H14N2OS.ClH/c1-7-3-5-14-9(7)10(13)12-4-2-8(11)6-12;/h3,5,8H,2,4,6,11H2,1H3;1H. The van der Waals surface area contributed by atoms with E-state index < -0.39 is 0 Å². The van der Waals surface area contributed by atoms with Gasteiger partial charge in [-0.1, -0.05) is 0 Å². The normalized spacial score (nSPS) is 20.1. The van der Waals surface area contributed by atoms with E-state index in [2.05, 4.69) is 0 Å². The highest BCUT2D eigenvalue weighted by Crippen LogP contribution is 2.20. The van der Waals surface area contributed by atoms with Gasteiger partial charge in [0, 0.05) is 19.1 Å². The molecule has 2 heterocycles. The first-order valence-corrected chi connectivity index (χ1v) is 5.65. The van der Waals surface area contributed by atoms with Crippen LogP contribution in [-0.2, 0) is 0 Å². The molecule has 3 nitrogen and oxygen atoms in total. The highest BCUT2D eigenvalue weighted by atomic mass is 35.5. The van der Waals surface area contributed by atoms with E-state index in [-0.39, 0.29) is 24.4 Å². The summed E-state index contributed by atoms with van der Waals surface area (Å²) in [7, 11) is 0. The predicted octanol–water partition coefficient (Wildman–Crippen LogP) is 1.65. The van der Waals surface area contributed by atoms with Gasteiger partial charge in [-0.2, -0.15) is 0 Å². The number of nitrogens with two attached hydrogens (primary N) is 1. The van der Waals surface area contributed by atoms with Crippen molar-refractivity contribution in [2.45, 2.75) is 19.4 Å². The van der Waals surface area contributed by atoms with E-state index >= 15 is 0 Å². The second-order valence-electron chi connectivity index (χ2n) is 3.73. The fraction of sp³-hybridized carbons (Fsp3) is 0.500. The average Bonchev–Trinajstić information content (AvgIpc) is 2.73. The second kappa shape index (κ2) is 4.96. The van der Waals surface area contributed by atoms with Crippen molar-refractivity contribution in [1.82, 2.24) is 4.90 Å². The van der Waals surface area contributed by atoms with Crippen LogP contribution < -0.4 is 5.73 Å². The fourth-order valence-electron chi connectivity index (χ4n) is 1.71. The Morgan fingerprint density at radius 1 is 1.67 bits per heavy atom. The Morgan fingerprint density at radius 2 is 2.40 bits per heavy atom. The molecule has 0 bridgehead atoms. The largest absolute Gasteiger partial charge is 0.336 e. The lowest BCUT2D eigenvalue weighted by molar-refractivity contribution is 0.0795.